The van der Waals surface area contributed by atoms with Gasteiger partial charge in [0.05, 0.1) is 0 Å². The minimum atomic E-state index is 0.0417. The van der Waals surface area contributed by atoms with Crippen LogP contribution < -0.4 is 5.73 Å². The molecule has 0 aromatic heterocycles. The average Bonchev–Trinajstić information content (AvgIpc) is 2.25. The molecule has 0 aliphatic heterocycles. The third-order valence-corrected chi connectivity index (χ3v) is 1.62. The van der Waals surface area contributed by atoms with Crippen LogP contribution in [0.1, 0.15) is 74.1 Å². The molecule has 0 saturated carbocycles. The number of hydrogen-bond acceptors (Lipinski definition) is 1. The summed E-state index contributed by atoms with van der Waals surface area (Å²) in [4.78, 5) is 0. The van der Waals surface area contributed by atoms with E-state index in [0.29, 0.717) is 0 Å². The van der Waals surface area contributed by atoms with Crippen LogP contribution in [-0.2, 0) is 0 Å². The summed E-state index contributed by atoms with van der Waals surface area (Å²) in [7, 11) is 0. The average molecular weight is 217 g/mol. The summed E-state index contributed by atoms with van der Waals surface area (Å²) in [5.74, 6) is 0. The van der Waals surface area contributed by atoms with Crippen LogP contribution >= 0.6 is 0 Å². The van der Waals surface area contributed by atoms with Gasteiger partial charge in [0.1, 0.15) is 0 Å². The molecule has 0 spiro atoms. The van der Waals surface area contributed by atoms with Crippen molar-refractivity contribution in [3.8, 4) is 0 Å². The van der Waals surface area contributed by atoms with E-state index in [1.165, 1.54) is 19.3 Å². The molecule has 0 heterocycles. The molecule has 0 aromatic rings. The fraction of sp³-hybridized carbons (Fsp3) is 0.857. The van der Waals surface area contributed by atoms with Crippen molar-refractivity contribution in [3.05, 3.63) is 13.2 Å². The molecule has 2 N–H and O–H groups in total. The van der Waals surface area contributed by atoms with E-state index in [2.05, 4.69) is 33.9 Å². The quantitative estimate of drug-likeness (QED) is 0.649. The monoisotopic (exact) mass is 217 g/mol. The van der Waals surface area contributed by atoms with Crippen LogP contribution in [0.4, 0.5) is 0 Å². The number of nitrogens with two attached hydrogens (primary N) is 1. The van der Waals surface area contributed by atoms with Crippen molar-refractivity contribution in [2.45, 2.75) is 79.7 Å². The number of unbranched alkanes of at least 4 members (excludes halogenated alkanes) is 2. The maximum atomic E-state index is 5.53. The molecule has 0 aliphatic rings. The SMILES string of the molecule is C=C.CC.CCC(C)(C)N.CCCCC. The number of hydrogen-bond donors (Lipinski definition) is 1. The first kappa shape index (κ1) is 24.1. The van der Waals surface area contributed by atoms with Gasteiger partial charge in [0.2, 0.25) is 0 Å². The highest BCUT2D eigenvalue weighted by molar-refractivity contribution is 4.66. The minimum absolute atomic E-state index is 0.0417. The van der Waals surface area contributed by atoms with Crippen LogP contribution in [0.15, 0.2) is 13.2 Å². The lowest BCUT2D eigenvalue weighted by Crippen LogP contribution is -2.30. The molecule has 1 heteroatoms. The van der Waals surface area contributed by atoms with Crippen LogP contribution in [0, 0.1) is 0 Å². The van der Waals surface area contributed by atoms with Gasteiger partial charge in [0.25, 0.3) is 0 Å². The predicted molar refractivity (Wildman–Crippen MR) is 76.4 cm³/mol. The van der Waals surface area contributed by atoms with E-state index in [0.717, 1.165) is 6.42 Å². The molecule has 0 bridgehead atoms. The molecule has 0 fully saturated rings. The lowest BCUT2D eigenvalue weighted by Gasteiger charge is -2.13. The van der Waals surface area contributed by atoms with Crippen molar-refractivity contribution >= 4 is 0 Å². The molecular formula is C14H35N. The molecule has 96 valence electrons. The van der Waals surface area contributed by atoms with Crippen molar-refractivity contribution in [2.75, 3.05) is 0 Å². The zero-order valence-corrected chi connectivity index (χ0v) is 12.3. The smallest absolute Gasteiger partial charge is 0.00944 e. The Labute approximate surface area is 99.2 Å². The summed E-state index contributed by atoms with van der Waals surface area (Å²) in [6.45, 7) is 20.5. The number of rotatable bonds is 3. The van der Waals surface area contributed by atoms with Crippen LogP contribution in [-0.4, -0.2) is 5.54 Å². The molecule has 0 aromatic carbocycles. The highest BCUT2D eigenvalue weighted by Gasteiger charge is 2.03. The van der Waals surface area contributed by atoms with Crippen molar-refractivity contribution in [3.63, 3.8) is 0 Å². The van der Waals surface area contributed by atoms with E-state index in [4.69, 9.17) is 5.73 Å². The lowest BCUT2D eigenvalue weighted by atomic mass is 10.1. The van der Waals surface area contributed by atoms with E-state index in [1.54, 1.807) is 0 Å². The summed E-state index contributed by atoms with van der Waals surface area (Å²) in [6, 6.07) is 0. The van der Waals surface area contributed by atoms with Crippen LogP contribution in [0.2, 0.25) is 0 Å². The Morgan fingerprint density at radius 3 is 1.13 bits per heavy atom. The summed E-state index contributed by atoms with van der Waals surface area (Å²) < 4.78 is 0. The molecule has 0 saturated heterocycles. The Morgan fingerprint density at radius 2 is 1.13 bits per heavy atom. The largest absolute Gasteiger partial charge is 0.326 e. The second kappa shape index (κ2) is 23.5. The van der Waals surface area contributed by atoms with Crippen molar-refractivity contribution in [1.29, 1.82) is 0 Å². The lowest BCUT2D eigenvalue weighted by molar-refractivity contribution is 0.501. The van der Waals surface area contributed by atoms with Gasteiger partial charge < -0.3 is 5.73 Å². The fourth-order valence-electron chi connectivity index (χ4n) is 0.354. The van der Waals surface area contributed by atoms with Gasteiger partial charge in [-0.1, -0.05) is 53.9 Å². The minimum Gasteiger partial charge on any atom is -0.326 e. The van der Waals surface area contributed by atoms with Gasteiger partial charge in [-0.05, 0) is 20.3 Å². The van der Waals surface area contributed by atoms with E-state index in [9.17, 15) is 0 Å². The molecule has 0 radical (unpaired) electrons. The van der Waals surface area contributed by atoms with E-state index < -0.39 is 0 Å². The van der Waals surface area contributed by atoms with E-state index >= 15 is 0 Å². The molecule has 15 heavy (non-hydrogen) atoms. The Kier molecular flexibility index (Phi) is 37.7. The second-order valence-corrected chi connectivity index (χ2v) is 3.70. The molecule has 0 aliphatic carbocycles. The Hall–Kier alpha value is -0.300. The zero-order chi connectivity index (χ0) is 13.3. The third-order valence-electron chi connectivity index (χ3n) is 1.62. The van der Waals surface area contributed by atoms with Crippen LogP contribution in [0.25, 0.3) is 0 Å². The molecule has 0 unspecified atom stereocenters. The maximum absolute atomic E-state index is 5.53. The van der Waals surface area contributed by atoms with Crippen LogP contribution in [0.5, 0.6) is 0 Å². The van der Waals surface area contributed by atoms with E-state index in [1.807, 2.05) is 27.7 Å². The van der Waals surface area contributed by atoms with Gasteiger partial charge in [-0.3, -0.25) is 0 Å². The zero-order valence-electron chi connectivity index (χ0n) is 12.3. The molecule has 0 atom stereocenters. The van der Waals surface area contributed by atoms with Gasteiger partial charge in [-0.25, -0.2) is 0 Å². The highest BCUT2D eigenvalue weighted by atomic mass is 14.7. The van der Waals surface area contributed by atoms with Crippen LogP contribution in [0.3, 0.4) is 0 Å². The highest BCUT2D eigenvalue weighted by Crippen LogP contribution is 1.99. The standard InChI is InChI=1S/C5H13N.C5H12.C2H6.C2H4/c1-4-5(2,3)6;1-3-5-4-2;2*1-2/h4,6H2,1-3H3;3-5H2,1-2H3;1-2H3;1-2H2. The third kappa shape index (κ3) is 84.9. The summed E-state index contributed by atoms with van der Waals surface area (Å²) in [5.41, 5.74) is 5.58. The van der Waals surface area contributed by atoms with Crippen molar-refractivity contribution in [2.24, 2.45) is 5.73 Å². The predicted octanol–water partition coefficient (Wildman–Crippen LogP) is 5.16. The van der Waals surface area contributed by atoms with Gasteiger partial charge in [0.15, 0.2) is 0 Å². The van der Waals surface area contributed by atoms with Gasteiger partial charge >= 0.3 is 0 Å². The first-order chi connectivity index (χ1) is 6.97. The first-order valence-corrected chi connectivity index (χ1v) is 6.26. The molecular weight excluding hydrogens is 182 g/mol. The summed E-state index contributed by atoms with van der Waals surface area (Å²) in [6.07, 6.45) is 5.12. The fourth-order valence-corrected chi connectivity index (χ4v) is 0.354. The molecule has 1 nitrogen and oxygen atoms in total. The maximum Gasteiger partial charge on any atom is 0.00944 e. The topological polar surface area (TPSA) is 26.0 Å². The first-order valence-electron chi connectivity index (χ1n) is 6.26. The van der Waals surface area contributed by atoms with Gasteiger partial charge in [-0.2, -0.15) is 0 Å². The molecule has 0 amide bonds. The van der Waals surface area contributed by atoms with E-state index in [-0.39, 0.29) is 5.54 Å². The Morgan fingerprint density at radius 1 is 0.933 bits per heavy atom. The summed E-state index contributed by atoms with van der Waals surface area (Å²) >= 11 is 0. The Bertz CT molecular complexity index is 69.9. The molecule has 0 rings (SSSR count). The van der Waals surface area contributed by atoms with Gasteiger partial charge in [0, 0.05) is 5.54 Å². The summed E-state index contributed by atoms with van der Waals surface area (Å²) in [5, 5.41) is 0. The second-order valence-electron chi connectivity index (χ2n) is 3.70. The van der Waals surface area contributed by atoms with Crippen molar-refractivity contribution < 1.29 is 0 Å². The normalized spacial score (nSPS) is 8.27. The Balaban J connectivity index is -0.0000000610. The van der Waals surface area contributed by atoms with Gasteiger partial charge in [-0.15, -0.1) is 13.2 Å². The van der Waals surface area contributed by atoms with Crippen molar-refractivity contribution in [1.82, 2.24) is 0 Å².